The minimum atomic E-state index is -0.349. The van der Waals surface area contributed by atoms with Gasteiger partial charge in [0, 0.05) is 38.8 Å². The van der Waals surface area contributed by atoms with Crippen molar-refractivity contribution in [2.45, 2.75) is 44.2 Å². The van der Waals surface area contributed by atoms with E-state index >= 15 is 0 Å². The molecule has 0 unspecified atom stereocenters. The Balaban J connectivity index is 0.00000300. The first-order chi connectivity index (χ1) is 13.7. The van der Waals surface area contributed by atoms with Gasteiger partial charge in [-0.1, -0.05) is 25.3 Å². The molecule has 1 heterocycles. The lowest BCUT2D eigenvalue weighted by Gasteiger charge is -2.48. The predicted molar refractivity (Wildman–Crippen MR) is 125 cm³/mol. The van der Waals surface area contributed by atoms with E-state index in [1.54, 1.807) is 13.1 Å². The summed E-state index contributed by atoms with van der Waals surface area (Å²) in [5.41, 5.74) is 1.02. The molecule has 0 amide bonds. The number of ether oxygens (including phenoxy) is 2. The number of halogens is 2. The Labute approximate surface area is 190 Å². The van der Waals surface area contributed by atoms with Crippen molar-refractivity contribution in [1.82, 2.24) is 15.5 Å². The van der Waals surface area contributed by atoms with Crippen molar-refractivity contribution in [3.63, 3.8) is 0 Å². The summed E-state index contributed by atoms with van der Waals surface area (Å²) in [5.74, 6) is 0.656. The highest BCUT2D eigenvalue weighted by Crippen LogP contribution is 2.33. The topological polar surface area (TPSA) is 58.1 Å². The van der Waals surface area contributed by atoms with E-state index in [1.807, 2.05) is 6.07 Å². The smallest absolute Gasteiger partial charge is 0.191 e. The highest BCUT2D eigenvalue weighted by Gasteiger charge is 2.38. The maximum absolute atomic E-state index is 13.9. The number of hydrogen-bond acceptors (Lipinski definition) is 4. The minimum Gasteiger partial charge on any atom is -0.494 e. The fourth-order valence-electron chi connectivity index (χ4n) is 4.33. The molecule has 164 valence electrons. The van der Waals surface area contributed by atoms with Crippen molar-refractivity contribution < 1.29 is 13.9 Å². The highest BCUT2D eigenvalue weighted by molar-refractivity contribution is 14.0. The van der Waals surface area contributed by atoms with Crippen molar-refractivity contribution in [3.05, 3.63) is 29.6 Å². The summed E-state index contributed by atoms with van der Waals surface area (Å²) in [6.07, 6.45) is 6.29. The second-order valence-corrected chi connectivity index (χ2v) is 7.63. The Morgan fingerprint density at radius 2 is 1.93 bits per heavy atom. The number of nitrogens with one attached hydrogen (secondary N) is 2. The molecule has 1 aliphatic carbocycles. The molecule has 0 atom stereocenters. The molecule has 2 aliphatic rings. The number of hydrogen-bond donors (Lipinski definition) is 2. The Hall–Kier alpha value is -1.13. The number of guanidine groups is 1. The van der Waals surface area contributed by atoms with Gasteiger partial charge in [0.2, 0.25) is 0 Å². The molecule has 2 N–H and O–H groups in total. The van der Waals surface area contributed by atoms with Crippen LogP contribution < -0.4 is 15.4 Å². The molecule has 3 rings (SSSR count). The van der Waals surface area contributed by atoms with Gasteiger partial charge >= 0.3 is 0 Å². The second-order valence-electron chi connectivity index (χ2n) is 7.63. The zero-order chi connectivity index (χ0) is 19.8. The molecule has 29 heavy (non-hydrogen) atoms. The van der Waals surface area contributed by atoms with Gasteiger partial charge in [0.15, 0.2) is 17.5 Å². The zero-order valence-electron chi connectivity index (χ0n) is 17.5. The van der Waals surface area contributed by atoms with Crippen LogP contribution in [0.3, 0.4) is 0 Å². The van der Waals surface area contributed by atoms with E-state index in [0.717, 1.165) is 44.4 Å². The van der Waals surface area contributed by atoms with Crippen molar-refractivity contribution in [3.8, 4) is 5.75 Å². The van der Waals surface area contributed by atoms with Crippen LogP contribution in [0.4, 0.5) is 4.39 Å². The largest absolute Gasteiger partial charge is 0.494 e. The lowest BCUT2D eigenvalue weighted by atomic mass is 9.80. The molecule has 1 saturated heterocycles. The van der Waals surface area contributed by atoms with Gasteiger partial charge in [0.05, 0.1) is 20.3 Å². The maximum atomic E-state index is 13.9. The molecular formula is C21H34FIN4O2. The van der Waals surface area contributed by atoms with Crippen LogP contribution in [0.25, 0.3) is 0 Å². The molecule has 1 aromatic rings. The summed E-state index contributed by atoms with van der Waals surface area (Å²) >= 11 is 0. The first-order valence-electron chi connectivity index (χ1n) is 10.3. The van der Waals surface area contributed by atoms with Gasteiger partial charge in [-0.25, -0.2) is 4.39 Å². The summed E-state index contributed by atoms with van der Waals surface area (Å²) in [4.78, 5) is 6.96. The summed E-state index contributed by atoms with van der Waals surface area (Å²) in [6, 6.07) is 5.01. The molecule has 2 fully saturated rings. The first kappa shape index (κ1) is 24.1. The van der Waals surface area contributed by atoms with Gasteiger partial charge in [-0.3, -0.25) is 9.89 Å². The lowest BCUT2D eigenvalue weighted by Crippen LogP contribution is -2.60. The van der Waals surface area contributed by atoms with Gasteiger partial charge in [-0.05, 0) is 30.5 Å². The maximum Gasteiger partial charge on any atom is 0.191 e. The van der Waals surface area contributed by atoms with E-state index in [-0.39, 0.29) is 41.1 Å². The monoisotopic (exact) mass is 520 g/mol. The summed E-state index contributed by atoms with van der Waals surface area (Å²) in [5, 5.41) is 6.82. The van der Waals surface area contributed by atoms with E-state index in [2.05, 4.69) is 20.5 Å². The third-order valence-electron chi connectivity index (χ3n) is 5.95. The van der Waals surface area contributed by atoms with Crippen molar-refractivity contribution in [2.24, 2.45) is 4.99 Å². The highest BCUT2D eigenvalue weighted by atomic mass is 127. The van der Waals surface area contributed by atoms with Crippen LogP contribution in [0.5, 0.6) is 5.75 Å². The predicted octanol–water partition coefficient (Wildman–Crippen LogP) is 3.15. The van der Waals surface area contributed by atoms with Crippen LogP contribution in [0.15, 0.2) is 23.2 Å². The molecular weight excluding hydrogens is 486 g/mol. The fourth-order valence-corrected chi connectivity index (χ4v) is 4.33. The normalized spacial score (nSPS) is 19.9. The summed E-state index contributed by atoms with van der Waals surface area (Å²) < 4.78 is 24.4. The van der Waals surface area contributed by atoms with E-state index in [0.29, 0.717) is 6.54 Å². The average molecular weight is 520 g/mol. The Morgan fingerprint density at radius 3 is 2.55 bits per heavy atom. The van der Waals surface area contributed by atoms with E-state index in [9.17, 15) is 4.39 Å². The zero-order valence-corrected chi connectivity index (χ0v) is 19.8. The third-order valence-corrected chi connectivity index (χ3v) is 5.95. The van der Waals surface area contributed by atoms with Gasteiger partial charge in [-0.2, -0.15) is 0 Å². The Morgan fingerprint density at radius 1 is 1.21 bits per heavy atom. The number of morpholine rings is 1. The SMILES string of the molecule is CN=C(NCc1ccc(OC)c(F)c1)NCC1(N2CCOCC2)CCCCC1.I. The van der Waals surface area contributed by atoms with Crippen molar-refractivity contribution in [2.75, 3.05) is 47.0 Å². The van der Waals surface area contributed by atoms with Crippen LogP contribution in [0.2, 0.25) is 0 Å². The lowest BCUT2D eigenvalue weighted by molar-refractivity contribution is -0.0352. The van der Waals surface area contributed by atoms with Crippen LogP contribution in [0.1, 0.15) is 37.7 Å². The standard InChI is InChI=1S/C21H33FN4O2.HI/c1-23-20(24-15-17-6-7-19(27-2)18(22)14-17)25-16-21(8-4-3-5-9-21)26-10-12-28-13-11-26;/h6-7,14H,3-5,8-13,15-16H2,1-2H3,(H2,23,24,25);1H. The Kier molecular flexibility index (Phi) is 9.91. The van der Waals surface area contributed by atoms with E-state index in [1.165, 1.54) is 45.3 Å². The third kappa shape index (κ3) is 6.42. The molecule has 0 spiro atoms. The number of methoxy groups -OCH3 is 1. The number of benzene rings is 1. The molecule has 0 bridgehead atoms. The molecule has 8 heteroatoms. The summed E-state index contributed by atoms with van der Waals surface area (Å²) in [6.45, 7) is 5.00. The van der Waals surface area contributed by atoms with Gasteiger partial charge in [0.1, 0.15) is 0 Å². The van der Waals surface area contributed by atoms with Crippen LogP contribution >= 0.6 is 24.0 Å². The molecule has 6 nitrogen and oxygen atoms in total. The first-order valence-corrected chi connectivity index (χ1v) is 10.3. The molecule has 1 saturated carbocycles. The second kappa shape index (κ2) is 11.9. The van der Waals surface area contributed by atoms with Gasteiger partial charge in [-0.15, -0.1) is 24.0 Å². The number of nitrogens with zero attached hydrogens (tertiary/aromatic N) is 2. The van der Waals surface area contributed by atoms with Crippen LogP contribution in [-0.2, 0) is 11.3 Å². The van der Waals surface area contributed by atoms with E-state index < -0.39 is 0 Å². The Bertz CT molecular complexity index is 662. The average Bonchev–Trinajstić information content (AvgIpc) is 2.75. The van der Waals surface area contributed by atoms with E-state index in [4.69, 9.17) is 9.47 Å². The fraction of sp³-hybridized carbons (Fsp3) is 0.667. The van der Waals surface area contributed by atoms with Crippen LogP contribution in [-0.4, -0.2) is 63.4 Å². The quantitative estimate of drug-likeness (QED) is 0.343. The molecule has 0 radical (unpaired) electrons. The van der Waals surface area contributed by atoms with Gasteiger partial charge in [0.25, 0.3) is 0 Å². The van der Waals surface area contributed by atoms with Crippen molar-refractivity contribution >= 4 is 29.9 Å². The number of rotatable bonds is 6. The van der Waals surface area contributed by atoms with Crippen LogP contribution in [0, 0.1) is 5.82 Å². The van der Waals surface area contributed by atoms with Gasteiger partial charge < -0.3 is 20.1 Å². The molecule has 1 aromatic carbocycles. The summed E-state index contributed by atoms with van der Waals surface area (Å²) in [7, 11) is 3.24. The van der Waals surface area contributed by atoms with Crippen molar-refractivity contribution in [1.29, 1.82) is 0 Å². The minimum absolute atomic E-state index is 0. The molecule has 1 aliphatic heterocycles. The molecule has 0 aromatic heterocycles. The number of aliphatic imine (C=N–C) groups is 1.